The third-order valence-electron chi connectivity index (χ3n) is 2.10. The van der Waals surface area contributed by atoms with Gasteiger partial charge in [-0.2, -0.15) is 0 Å². The van der Waals surface area contributed by atoms with Gasteiger partial charge in [0.2, 0.25) is 5.91 Å². The van der Waals surface area contributed by atoms with Crippen molar-refractivity contribution in [3.8, 4) is 0 Å². The highest BCUT2D eigenvalue weighted by Crippen LogP contribution is 2.16. The van der Waals surface area contributed by atoms with Crippen LogP contribution in [0.1, 0.15) is 4.88 Å². The van der Waals surface area contributed by atoms with Crippen molar-refractivity contribution >= 4 is 35.0 Å². The lowest BCUT2D eigenvalue weighted by molar-refractivity contribution is -0.148. The number of rotatable bonds is 8. The van der Waals surface area contributed by atoms with Crippen LogP contribution in [-0.2, 0) is 20.1 Å². The Balaban J connectivity index is 2.15. The Morgan fingerprint density at radius 2 is 2.39 bits per heavy atom. The molecule has 7 heteroatoms. The third-order valence-corrected chi connectivity index (χ3v) is 4.14. The van der Waals surface area contributed by atoms with E-state index in [4.69, 9.17) is 9.84 Å². The first kappa shape index (κ1) is 15.0. The van der Waals surface area contributed by atoms with Crippen LogP contribution in [0.25, 0.3) is 0 Å². The zero-order valence-electron chi connectivity index (χ0n) is 9.92. The lowest BCUT2D eigenvalue weighted by Crippen LogP contribution is -2.38. The van der Waals surface area contributed by atoms with Crippen LogP contribution in [0, 0.1) is 0 Å². The van der Waals surface area contributed by atoms with Crippen molar-refractivity contribution in [2.75, 3.05) is 19.4 Å². The van der Waals surface area contributed by atoms with Crippen molar-refractivity contribution in [3.63, 3.8) is 0 Å². The lowest BCUT2D eigenvalue weighted by Gasteiger charge is -2.11. The molecule has 0 fully saturated rings. The average molecular weight is 289 g/mol. The van der Waals surface area contributed by atoms with Gasteiger partial charge in [-0.1, -0.05) is 6.07 Å². The summed E-state index contributed by atoms with van der Waals surface area (Å²) in [4.78, 5) is 23.3. The number of carbonyl (C=O) groups excluding carboxylic acids is 1. The van der Waals surface area contributed by atoms with Gasteiger partial charge in [-0.05, 0) is 11.4 Å². The molecule has 0 saturated heterocycles. The number of thioether (sulfide) groups is 1. The molecule has 2 N–H and O–H groups in total. The fourth-order valence-corrected chi connectivity index (χ4v) is 2.87. The van der Waals surface area contributed by atoms with Crippen molar-refractivity contribution in [1.82, 2.24) is 5.32 Å². The number of amides is 1. The fraction of sp³-hybridized carbons (Fsp3) is 0.455. The Kier molecular flexibility index (Phi) is 6.77. The molecule has 1 amide bonds. The number of hydrogen-bond donors (Lipinski definition) is 2. The lowest BCUT2D eigenvalue weighted by atomic mass is 10.3. The Bertz CT molecular complexity index is 380. The van der Waals surface area contributed by atoms with Crippen LogP contribution in [0.4, 0.5) is 0 Å². The van der Waals surface area contributed by atoms with Crippen LogP contribution in [0.3, 0.4) is 0 Å². The molecule has 0 aliphatic carbocycles. The standard InChI is InChI=1S/C11H15NO4S2/c1-16-9(11(14)15)5-12-10(13)7-17-6-8-3-2-4-18-8/h2-4,9H,5-7H2,1H3,(H,12,13)(H,14,15). The Morgan fingerprint density at radius 1 is 1.61 bits per heavy atom. The van der Waals surface area contributed by atoms with Crippen LogP contribution in [0.15, 0.2) is 17.5 Å². The van der Waals surface area contributed by atoms with Crippen LogP contribution >= 0.6 is 23.1 Å². The zero-order chi connectivity index (χ0) is 13.4. The van der Waals surface area contributed by atoms with Crippen LogP contribution in [0.2, 0.25) is 0 Å². The monoisotopic (exact) mass is 289 g/mol. The average Bonchev–Trinajstić information content (AvgIpc) is 2.82. The summed E-state index contributed by atoms with van der Waals surface area (Å²) in [6.45, 7) is -0.00969. The predicted octanol–water partition coefficient (Wildman–Crippen LogP) is 1.20. The van der Waals surface area contributed by atoms with Gasteiger partial charge >= 0.3 is 5.97 Å². The first-order valence-corrected chi connectivity index (χ1v) is 7.29. The van der Waals surface area contributed by atoms with Crippen molar-refractivity contribution in [3.05, 3.63) is 22.4 Å². The first-order chi connectivity index (χ1) is 8.63. The van der Waals surface area contributed by atoms with Gasteiger partial charge in [-0.3, -0.25) is 4.79 Å². The van der Waals surface area contributed by atoms with Crippen LogP contribution in [-0.4, -0.2) is 42.5 Å². The van der Waals surface area contributed by atoms with E-state index in [1.165, 1.54) is 23.7 Å². The van der Waals surface area contributed by atoms with E-state index in [0.717, 1.165) is 5.75 Å². The summed E-state index contributed by atoms with van der Waals surface area (Å²) in [6, 6.07) is 3.98. The van der Waals surface area contributed by atoms with E-state index in [0.29, 0.717) is 5.75 Å². The molecule has 100 valence electrons. The fourth-order valence-electron chi connectivity index (χ4n) is 1.17. The summed E-state index contributed by atoms with van der Waals surface area (Å²) in [5.41, 5.74) is 0. The highest BCUT2D eigenvalue weighted by molar-refractivity contribution is 7.99. The number of carboxylic acids is 1. The van der Waals surface area contributed by atoms with Gasteiger partial charge in [0.25, 0.3) is 0 Å². The number of methoxy groups -OCH3 is 1. The molecule has 0 radical (unpaired) electrons. The number of thiophene rings is 1. The van der Waals surface area contributed by atoms with Crippen molar-refractivity contribution < 1.29 is 19.4 Å². The molecule has 0 aliphatic heterocycles. The van der Waals surface area contributed by atoms with E-state index in [1.807, 2.05) is 17.5 Å². The van der Waals surface area contributed by atoms with E-state index in [9.17, 15) is 9.59 Å². The number of aliphatic carboxylic acids is 1. The third kappa shape index (κ3) is 5.52. The molecule has 1 heterocycles. The highest BCUT2D eigenvalue weighted by atomic mass is 32.2. The molecule has 1 aromatic rings. The second kappa shape index (κ2) is 8.12. The summed E-state index contributed by atoms with van der Waals surface area (Å²) in [7, 11) is 1.30. The number of carboxylic acid groups (broad SMARTS) is 1. The van der Waals surface area contributed by atoms with Gasteiger partial charge < -0.3 is 15.2 Å². The number of carbonyl (C=O) groups is 2. The maximum Gasteiger partial charge on any atom is 0.334 e. The molecular weight excluding hydrogens is 274 g/mol. The highest BCUT2D eigenvalue weighted by Gasteiger charge is 2.16. The van der Waals surface area contributed by atoms with Crippen molar-refractivity contribution in [2.24, 2.45) is 0 Å². The first-order valence-electron chi connectivity index (χ1n) is 5.26. The van der Waals surface area contributed by atoms with Crippen molar-refractivity contribution in [2.45, 2.75) is 11.9 Å². The summed E-state index contributed by atoms with van der Waals surface area (Å²) in [6.07, 6.45) is -0.990. The normalized spacial score (nSPS) is 12.1. The Labute approximate surface area is 114 Å². The van der Waals surface area contributed by atoms with Gasteiger partial charge in [0, 0.05) is 17.7 Å². The summed E-state index contributed by atoms with van der Waals surface area (Å²) in [5, 5.41) is 13.2. The Morgan fingerprint density at radius 3 is 2.94 bits per heavy atom. The molecule has 5 nitrogen and oxygen atoms in total. The Hall–Kier alpha value is -1.05. The van der Waals surface area contributed by atoms with Crippen LogP contribution < -0.4 is 5.32 Å². The number of ether oxygens (including phenoxy) is 1. The van der Waals surface area contributed by atoms with E-state index in [-0.39, 0.29) is 12.5 Å². The molecule has 0 bridgehead atoms. The minimum absolute atomic E-state index is 0.00969. The molecule has 0 saturated carbocycles. The van der Waals surface area contributed by atoms with E-state index in [1.54, 1.807) is 11.3 Å². The second-order valence-corrected chi connectivity index (χ2v) is 5.46. The molecule has 1 unspecified atom stereocenters. The van der Waals surface area contributed by atoms with Crippen molar-refractivity contribution in [1.29, 1.82) is 0 Å². The SMILES string of the molecule is COC(CNC(=O)CSCc1cccs1)C(=O)O. The molecular formula is C11H15NO4S2. The summed E-state index contributed by atoms with van der Waals surface area (Å²) >= 11 is 3.15. The maximum atomic E-state index is 11.4. The van der Waals surface area contributed by atoms with E-state index < -0.39 is 12.1 Å². The number of hydrogen-bond acceptors (Lipinski definition) is 5. The molecule has 1 rings (SSSR count). The van der Waals surface area contributed by atoms with E-state index >= 15 is 0 Å². The number of nitrogens with one attached hydrogen (secondary N) is 1. The summed E-state index contributed by atoms with van der Waals surface area (Å²) < 4.78 is 4.71. The largest absolute Gasteiger partial charge is 0.479 e. The van der Waals surface area contributed by atoms with Gasteiger partial charge in [0.05, 0.1) is 12.3 Å². The van der Waals surface area contributed by atoms with Gasteiger partial charge in [-0.25, -0.2) is 4.79 Å². The molecule has 1 atom stereocenters. The van der Waals surface area contributed by atoms with Gasteiger partial charge in [0.1, 0.15) is 0 Å². The zero-order valence-corrected chi connectivity index (χ0v) is 11.6. The van der Waals surface area contributed by atoms with Crippen LogP contribution in [0.5, 0.6) is 0 Å². The predicted molar refractivity (Wildman–Crippen MR) is 71.9 cm³/mol. The molecule has 0 aromatic carbocycles. The molecule has 0 spiro atoms. The van der Waals surface area contributed by atoms with Gasteiger partial charge in [0.15, 0.2) is 6.10 Å². The topological polar surface area (TPSA) is 75.6 Å². The molecule has 18 heavy (non-hydrogen) atoms. The minimum atomic E-state index is -1.08. The summed E-state index contributed by atoms with van der Waals surface area (Å²) in [5.74, 6) is -0.157. The quantitative estimate of drug-likeness (QED) is 0.752. The second-order valence-electron chi connectivity index (χ2n) is 3.44. The minimum Gasteiger partial charge on any atom is -0.479 e. The smallest absolute Gasteiger partial charge is 0.334 e. The molecule has 1 aromatic heterocycles. The molecule has 0 aliphatic rings. The maximum absolute atomic E-state index is 11.4. The van der Waals surface area contributed by atoms with E-state index in [2.05, 4.69) is 5.32 Å². The van der Waals surface area contributed by atoms with Gasteiger partial charge in [-0.15, -0.1) is 23.1 Å².